The van der Waals surface area contributed by atoms with Crippen LogP contribution in [0, 0.1) is 3.70 Å². The van der Waals surface area contributed by atoms with Gasteiger partial charge in [0, 0.05) is 0 Å². The molecule has 0 aromatic carbocycles. The number of carbonyl (C=O) groups excluding carboxylic acids is 1. The second kappa shape index (κ2) is 6.26. The molecule has 9 heteroatoms. The Morgan fingerprint density at radius 3 is 2.53 bits per heavy atom. The molecule has 1 aromatic rings. The van der Waals surface area contributed by atoms with E-state index in [1.54, 1.807) is 22.6 Å². The van der Waals surface area contributed by atoms with Crippen molar-refractivity contribution in [3.8, 4) is 11.5 Å². The zero-order chi connectivity index (χ0) is 14.6. The number of carbonyl (C=O) groups is 1. The van der Waals surface area contributed by atoms with E-state index in [1.807, 2.05) is 0 Å². The first-order chi connectivity index (χ1) is 8.78. The summed E-state index contributed by atoms with van der Waals surface area (Å²) in [6.45, 7) is 0. The van der Waals surface area contributed by atoms with E-state index in [-0.39, 0.29) is 15.0 Å². The smallest absolute Gasteiger partial charge is 0.495 e. The lowest BCUT2D eigenvalue weighted by Gasteiger charge is -2.16. The van der Waals surface area contributed by atoms with Crippen molar-refractivity contribution in [2.24, 2.45) is 0 Å². The highest BCUT2D eigenvalue weighted by Gasteiger charge is 2.34. The van der Waals surface area contributed by atoms with Crippen LogP contribution in [0.2, 0.25) is 0 Å². The molecule has 1 aromatic heterocycles. The van der Waals surface area contributed by atoms with Gasteiger partial charge in [0.1, 0.15) is 9.45 Å². The topological polar surface area (TPSA) is 57.7 Å². The molecule has 19 heavy (non-hydrogen) atoms. The Morgan fingerprint density at radius 1 is 1.42 bits per heavy atom. The molecule has 0 amide bonds. The van der Waals surface area contributed by atoms with E-state index in [1.165, 1.54) is 13.3 Å². The molecule has 0 aliphatic rings. The van der Waals surface area contributed by atoms with E-state index in [0.717, 1.165) is 7.11 Å². The van der Waals surface area contributed by atoms with Gasteiger partial charge in [-0.2, -0.15) is 0 Å². The summed E-state index contributed by atoms with van der Waals surface area (Å²) in [4.78, 5) is 15.0. The fraction of sp³-hybridized carbons (Fsp3) is 0.400. The molecule has 5 nitrogen and oxygen atoms in total. The molecule has 0 N–H and O–H groups in total. The number of rotatable bonds is 4. The quantitative estimate of drug-likeness (QED) is 0.448. The number of esters is 1. The summed E-state index contributed by atoms with van der Waals surface area (Å²) in [6, 6.07) is 0. The highest BCUT2D eigenvalue weighted by atomic mass is 127. The zero-order valence-electron chi connectivity index (χ0n) is 9.88. The summed E-state index contributed by atoms with van der Waals surface area (Å²) in [5, 5.41) is 0. The Kier molecular flexibility index (Phi) is 5.20. The highest BCUT2D eigenvalue weighted by molar-refractivity contribution is 14.1. The molecule has 0 atom stereocenters. The van der Waals surface area contributed by atoms with E-state index < -0.39 is 24.5 Å². The number of nitrogens with zero attached hydrogens (tertiary/aromatic N) is 1. The fourth-order valence-electron chi connectivity index (χ4n) is 1.27. The number of hydrogen-bond donors (Lipinski definition) is 0. The van der Waals surface area contributed by atoms with E-state index in [4.69, 9.17) is 4.74 Å². The molecule has 0 bridgehead atoms. The van der Waals surface area contributed by atoms with Gasteiger partial charge >= 0.3 is 12.3 Å². The minimum atomic E-state index is -4.89. The molecule has 0 saturated heterocycles. The van der Waals surface area contributed by atoms with Gasteiger partial charge < -0.3 is 14.2 Å². The summed E-state index contributed by atoms with van der Waals surface area (Å²) in [6.07, 6.45) is -4.09. The lowest BCUT2D eigenvalue weighted by molar-refractivity contribution is -0.275. The van der Waals surface area contributed by atoms with Crippen molar-refractivity contribution >= 4 is 28.6 Å². The molecule has 1 heterocycles. The zero-order valence-corrected chi connectivity index (χ0v) is 12.0. The van der Waals surface area contributed by atoms with Crippen LogP contribution in [-0.2, 0) is 16.0 Å². The Bertz CT molecular complexity index is 479. The number of halogens is 4. The molecule has 0 saturated carbocycles. The van der Waals surface area contributed by atoms with Gasteiger partial charge in [-0.25, -0.2) is 4.98 Å². The summed E-state index contributed by atoms with van der Waals surface area (Å²) in [5.74, 6) is -1.25. The van der Waals surface area contributed by atoms with Crippen molar-refractivity contribution in [2.45, 2.75) is 12.8 Å². The highest BCUT2D eigenvalue weighted by Crippen LogP contribution is 2.35. The number of hydrogen-bond acceptors (Lipinski definition) is 5. The van der Waals surface area contributed by atoms with Gasteiger partial charge in [-0.3, -0.25) is 4.79 Å². The second-order valence-electron chi connectivity index (χ2n) is 3.23. The van der Waals surface area contributed by atoms with Gasteiger partial charge in [0.25, 0.3) is 0 Å². The normalized spacial score (nSPS) is 11.1. The van der Waals surface area contributed by atoms with E-state index in [9.17, 15) is 18.0 Å². The third kappa shape index (κ3) is 4.40. The van der Waals surface area contributed by atoms with Gasteiger partial charge in [-0.1, -0.05) is 0 Å². The first kappa shape index (κ1) is 15.8. The maximum Gasteiger partial charge on any atom is 0.573 e. The van der Waals surface area contributed by atoms with Gasteiger partial charge in [-0.15, -0.1) is 13.2 Å². The van der Waals surface area contributed by atoms with E-state index in [2.05, 4.69) is 14.5 Å². The Balaban J connectivity index is 3.28. The van der Waals surface area contributed by atoms with Crippen LogP contribution in [0.15, 0.2) is 6.20 Å². The van der Waals surface area contributed by atoms with Gasteiger partial charge in [0.15, 0.2) is 5.75 Å². The van der Waals surface area contributed by atoms with Crippen LogP contribution in [0.5, 0.6) is 11.5 Å². The van der Waals surface area contributed by atoms with Crippen LogP contribution < -0.4 is 9.47 Å². The van der Waals surface area contributed by atoms with Crippen molar-refractivity contribution in [2.75, 3.05) is 14.2 Å². The van der Waals surface area contributed by atoms with Crippen LogP contribution in [0.1, 0.15) is 5.56 Å². The molecule has 0 spiro atoms. The molecular weight excluding hydrogens is 382 g/mol. The van der Waals surface area contributed by atoms with Crippen molar-refractivity contribution in [3.05, 3.63) is 15.5 Å². The molecule has 0 fully saturated rings. The SMILES string of the molecule is COC(=O)Cc1c(OC)cnc(I)c1OC(F)(F)F. The molecule has 1 rings (SSSR count). The maximum atomic E-state index is 12.3. The first-order valence-electron chi connectivity index (χ1n) is 4.82. The van der Waals surface area contributed by atoms with E-state index >= 15 is 0 Å². The predicted octanol–water partition coefficient (Wildman–Crippen LogP) is 2.31. The van der Waals surface area contributed by atoms with Crippen LogP contribution in [-0.4, -0.2) is 31.5 Å². The van der Waals surface area contributed by atoms with Crippen LogP contribution in [0.4, 0.5) is 13.2 Å². The number of ether oxygens (including phenoxy) is 3. The average Bonchev–Trinajstić information content (AvgIpc) is 2.32. The fourth-order valence-corrected chi connectivity index (χ4v) is 1.84. The summed E-state index contributed by atoms with van der Waals surface area (Å²) in [7, 11) is 2.38. The third-order valence-corrected chi connectivity index (χ3v) is 2.81. The number of methoxy groups -OCH3 is 2. The largest absolute Gasteiger partial charge is 0.573 e. The third-order valence-electron chi connectivity index (χ3n) is 2.04. The van der Waals surface area contributed by atoms with Crippen LogP contribution in [0.3, 0.4) is 0 Å². The molecular formula is C10H9F3INO4. The first-order valence-corrected chi connectivity index (χ1v) is 5.90. The van der Waals surface area contributed by atoms with Gasteiger partial charge in [0.2, 0.25) is 0 Å². The lowest BCUT2D eigenvalue weighted by atomic mass is 10.1. The minimum absolute atomic E-state index is 0.0186. The van der Waals surface area contributed by atoms with Crippen LogP contribution >= 0.6 is 22.6 Å². The Labute approximate surface area is 120 Å². The molecule has 106 valence electrons. The molecule has 0 aliphatic carbocycles. The molecule has 0 unspecified atom stereocenters. The van der Waals surface area contributed by atoms with Crippen molar-refractivity contribution in [1.82, 2.24) is 4.98 Å². The van der Waals surface area contributed by atoms with Crippen LogP contribution in [0.25, 0.3) is 0 Å². The summed E-state index contributed by atoms with van der Waals surface area (Å²) < 4.78 is 50.2. The monoisotopic (exact) mass is 391 g/mol. The summed E-state index contributed by atoms with van der Waals surface area (Å²) in [5.41, 5.74) is -0.0638. The molecule has 0 aliphatic heterocycles. The number of pyridine rings is 1. The molecule has 0 radical (unpaired) electrons. The van der Waals surface area contributed by atoms with Gasteiger partial charge in [-0.05, 0) is 22.6 Å². The Morgan fingerprint density at radius 2 is 2.05 bits per heavy atom. The maximum absolute atomic E-state index is 12.3. The predicted molar refractivity (Wildman–Crippen MR) is 65.9 cm³/mol. The standard InChI is InChI=1S/C10H9F3INO4/c1-17-6-4-15-9(14)8(19-10(11,12)13)5(6)3-7(16)18-2/h4H,3H2,1-2H3. The number of alkyl halides is 3. The van der Waals surface area contributed by atoms with Crippen molar-refractivity contribution in [3.63, 3.8) is 0 Å². The summed E-state index contributed by atoms with van der Waals surface area (Å²) >= 11 is 1.57. The van der Waals surface area contributed by atoms with Crippen molar-refractivity contribution < 1.29 is 32.2 Å². The van der Waals surface area contributed by atoms with Crippen molar-refractivity contribution in [1.29, 1.82) is 0 Å². The lowest BCUT2D eigenvalue weighted by Crippen LogP contribution is -2.20. The number of aromatic nitrogens is 1. The van der Waals surface area contributed by atoms with E-state index in [0.29, 0.717) is 0 Å². The minimum Gasteiger partial charge on any atom is -0.495 e. The average molecular weight is 391 g/mol. The Hall–Kier alpha value is -1.26. The van der Waals surface area contributed by atoms with Gasteiger partial charge in [0.05, 0.1) is 32.4 Å². The second-order valence-corrected chi connectivity index (χ2v) is 4.25.